The molecule has 1 aliphatic carbocycles. The van der Waals surface area contributed by atoms with E-state index in [2.05, 4.69) is 46.7 Å². The molecule has 4 rings (SSSR count). The van der Waals surface area contributed by atoms with Crippen LogP contribution in [0.15, 0.2) is 72.8 Å². The van der Waals surface area contributed by atoms with E-state index in [-0.39, 0.29) is 25.0 Å². The molecule has 154 valence electrons. The maximum atomic E-state index is 12.1. The van der Waals surface area contributed by atoms with E-state index in [1.165, 1.54) is 29.2 Å². The van der Waals surface area contributed by atoms with Crippen LogP contribution in [0, 0.1) is 11.8 Å². The molecular weight excluding hydrogens is 388 g/mol. The highest BCUT2D eigenvalue weighted by molar-refractivity contribution is 5.88. The van der Waals surface area contributed by atoms with Gasteiger partial charge in [-0.1, -0.05) is 60.4 Å². The van der Waals surface area contributed by atoms with Crippen molar-refractivity contribution in [2.75, 3.05) is 18.5 Å². The first-order valence-corrected chi connectivity index (χ1v) is 10.1. The zero-order valence-corrected chi connectivity index (χ0v) is 17.1. The Kier molecular flexibility index (Phi) is 6.00. The van der Waals surface area contributed by atoms with Gasteiger partial charge in [0.05, 0.1) is 6.54 Å². The molecule has 0 spiro atoms. The Morgan fingerprint density at radius 2 is 1.52 bits per heavy atom. The molecule has 5 heteroatoms. The molecule has 1 aliphatic rings. The van der Waals surface area contributed by atoms with Crippen LogP contribution >= 0.6 is 0 Å². The van der Waals surface area contributed by atoms with Gasteiger partial charge in [0.1, 0.15) is 6.61 Å². The van der Waals surface area contributed by atoms with Crippen LogP contribution in [0.25, 0.3) is 11.1 Å². The molecule has 0 saturated carbocycles. The van der Waals surface area contributed by atoms with Gasteiger partial charge >= 0.3 is 6.09 Å². The first-order chi connectivity index (χ1) is 15.1. The number of rotatable bonds is 4. The smallest absolute Gasteiger partial charge is 0.407 e. The van der Waals surface area contributed by atoms with Crippen molar-refractivity contribution >= 4 is 17.7 Å². The van der Waals surface area contributed by atoms with E-state index in [4.69, 9.17) is 4.74 Å². The number of ether oxygens (including phenoxy) is 1. The van der Waals surface area contributed by atoms with Crippen LogP contribution in [-0.4, -0.2) is 25.2 Å². The van der Waals surface area contributed by atoms with Gasteiger partial charge in [-0.25, -0.2) is 4.79 Å². The summed E-state index contributed by atoms with van der Waals surface area (Å²) < 4.78 is 5.49. The minimum Gasteiger partial charge on any atom is -0.449 e. The molecule has 0 bridgehead atoms. The number of alkyl carbamates (subject to hydrolysis) is 1. The second-order valence-corrected chi connectivity index (χ2v) is 7.24. The van der Waals surface area contributed by atoms with Crippen LogP contribution in [0.2, 0.25) is 0 Å². The zero-order chi connectivity index (χ0) is 21.6. The number of benzene rings is 3. The van der Waals surface area contributed by atoms with Gasteiger partial charge in [0, 0.05) is 24.1 Å². The first kappa shape index (κ1) is 20.2. The van der Waals surface area contributed by atoms with Crippen molar-refractivity contribution < 1.29 is 14.3 Å². The van der Waals surface area contributed by atoms with E-state index < -0.39 is 6.09 Å². The predicted octanol–water partition coefficient (Wildman–Crippen LogP) is 4.54. The number of carbonyl (C=O) groups excluding carboxylic acids is 2. The third-order valence-corrected chi connectivity index (χ3v) is 5.10. The molecular formula is C26H22N2O3. The highest BCUT2D eigenvalue weighted by Crippen LogP contribution is 2.44. The lowest BCUT2D eigenvalue weighted by Crippen LogP contribution is -2.26. The second kappa shape index (κ2) is 9.19. The summed E-state index contributed by atoms with van der Waals surface area (Å²) in [6.07, 6.45) is -0.489. The average Bonchev–Trinajstić information content (AvgIpc) is 3.10. The lowest BCUT2D eigenvalue weighted by atomic mass is 9.98. The molecule has 3 aromatic rings. The van der Waals surface area contributed by atoms with Gasteiger partial charge in [-0.15, -0.1) is 0 Å². The Balaban J connectivity index is 1.30. The minimum absolute atomic E-state index is 0.0337. The summed E-state index contributed by atoms with van der Waals surface area (Å²) in [4.78, 5) is 23.2. The number of carbonyl (C=O) groups is 2. The van der Waals surface area contributed by atoms with E-state index in [0.717, 1.165) is 11.3 Å². The van der Waals surface area contributed by atoms with Crippen LogP contribution in [0.4, 0.5) is 10.5 Å². The van der Waals surface area contributed by atoms with E-state index >= 15 is 0 Å². The third-order valence-electron chi connectivity index (χ3n) is 5.10. The average molecular weight is 410 g/mol. The normalized spacial score (nSPS) is 11.5. The van der Waals surface area contributed by atoms with E-state index in [9.17, 15) is 9.59 Å². The third kappa shape index (κ3) is 4.76. The summed E-state index contributed by atoms with van der Waals surface area (Å²) in [6.45, 7) is 1.92. The highest BCUT2D eigenvalue weighted by atomic mass is 16.5. The molecule has 0 fully saturated rings. The Morgan fingerprint density at radius 3 is 2.13 bits per heavy atom. The number of amides is 2. The summed E-state index contributed by atoms with van der Waals surface area (Å²) in [5.41, 5.74) is 6.27. The van der Waals surface area contributed by atoms with E-state index in [1.807, 2.05) is 36.4 Å². The SMILES string of the molecule is CC(=O)Nc1ccc(C#CCNC(=O)OCC2c3ccccc3-c3ccccc32)cc1. The molecule has 0 radical (unpaired) electrons. The van der Waals surface area contributed by atoms with Crippen LogP contribution in [0.5, 0.6) is 0 Å². The van der Waals surface area contributed by atoms with Crippen molar-refractivity contribution in [3.05, 3.63) is 89.5 Å². The molecule has 31 heavy (non-hydrogen) atoms. The Hall–Kier alpha value is -4.04. The molecule has 0 aliphatic heterocycles. The fourth-order valence-corrected chi connectivity index (χ4v) is 3.75. The molecule has 0 unspecified atom stereocenters. The summed E-state index contributed by atoms with van der Waals surface area (Å²) >= 11 is 0. The van der Waals surface area contributed by atoms with Gasteiger partial charge in [0.15, 0.2) is 0 Å². The molecule has 0 aromatic heterocycles. The first-order valence-electron chi connectivity index (χ1n) is 10.1. The molecule has 0 heterocycles. The van der Waals surface area contributed by atoms with Crippen molar-refractivity contribution in [2.24, 2.45) is 0 Å². The van der Waals surface area contributed by atoms with Crippen molar-refractivity contribution in [1.29, 1.82) is 0 Å². The fraction of sp³-hybridized carbons (Fsp3) is 0.154. The fourth-order valence-electron chi connectivity index (χ4n) is 3.75. The van der Waals surface area contributed by atoms with Crippen molar-refractivity contribution in [3.8, 4) is 23.0 Å². The summed E-state index contributed by atoms with van der Waals surface area (Å²) in [7, 11) is 0. The molecule has 5 nitrogen and oxygen atoms in total. The maximum Gasteiger partial charge on any atom is 0.407 e. The summed E-state index contributed by atoms with van der Waals surface area (Å²) in [6, 6.07) is 23.6. The zero-order valence-electron chi connectivity index (χ0n) is 17.1. The number of fused-ring (bicyclic) bond motifs is 3. The van der Waals surface area contributed by atoms with Crippen molar-refractivity contribution in [2.45, 2.75) is 12.8 Å². The van der Waals surface area contributed by atoms with Crippen LogP contribution < -0.4 is 10.6 Å². The predicted molar refractivity (Wildman–Crippen MR) is 121 cm³/mol. The Morgan fingerprint density at radius 1 is 0.903 bits per heavy atom. The highest BCUT2D eigenvalue weighted by Gasteiger charge is 2.28. The van der Waals surface area contributed by atoms with Gasteiger partial charge in [0.25, 0.3) is 0 Å². The maximum absolute atomic E-state index is 12.1. The molecule has 3 aromatic carbocycles. The lowest BCUT2D eigenvalue weighted by molar-refractivity contribution is -0.114. The molecule has 0 saturated heterocycles. The lowest BCUT2D eigenvalue weighted by Gasteiger charge is -2.14. The summed E-state index contributed by atoms with van der Waals surface area (Å²) in [5.74, 6) is 5.79. The second-order valence-electron chi connectivity index (χ2n) is 7.24. The van der Waals surface area contributed by atoms with E-state index in [1.54, 1.807) is 12.1 Å². The van der Waals surface area contributed by atoms with Crippen molar-refractivity contribution in [1.82, 2.24) is 5.32 Å². The largest absolute Gasteiger partial charge is 0.449 e. The van der Waals surface area contributed by atoms with E-state index in [0.29, 0.717) is 0 Å². The monoisotopic (exact) mass is 410 g/mol. The topological polar surface area (TPSA) is 67.4 Å². The van der Waals surface area contributed by atoms with Gasteiger partial charge in [-0.3, -0.25) is 4.79 Å². The van der Waals surface area contributed by atoms with Crippen LogP contribution in [0.1, 0.15) is 29.5 Å². The minimum atomic E-state index is -0.489. The Labute approximate surface area is 181 Å². The van der Waals surface area contributed by atoms with Gasteiger partial charge in [-0.05, 0) is 46.5 Å². The molecule has 0 atom stereocenters. The molecule has 2 N–H and O–H groups in total. The van der Waals surface area contributed by atoms with Crippen LogP contribution in [0.3, 0.4) is 0 Å². The summed E-state index contributed by atoms with van der Waals surface area (Å²) in [5, 5.41) is 5.37. The van der Waals surface area contributed by atoms with Crippen LogP contribution in [-0.2, 0) is 9.53 Å². The quantitative estimate of drug-likeness (QED) is 0.621. The van der Waals surface area contributed by atoms with Gasteiger partial charge in [0.2, 0.25) is 5.91 Å². The van der Waals surface area contributed by atoms with Gasteiger partial charge < -0.3 is 15.4 Å². The number of nitrogens with one attached hydrogen (secondary N) is 2. The molecule has 2 amide bonds. The number of hydrogen-bond donors (Lipinski definition) is 2. The van der Waals surface area contributed by atoms with Crippen molar-refractivity contribution in [3.63, 3.8) is 0 Å². The Bertz CT molecular complexity index is 1130. The van der Waals surface area contributed by atoms with Gasteiger partial charge in [-0.2, -0.15) is 0 Å². The standard InChI is InChI=1S/C26H22N2O3/c1-18(29)28-20-14-12-19(13-15-20)7-6-16-27-26(30)31-17-25-23-10-4-2-8-21(23)22-9-3-5-11-24(22)25/h2-5,8-15,25H,16-17H2,1H3,(H,27,30)(H,28,29). The number of anilines is 1. The number of hydrogen-bond acceptors (Lipinski definition) is 3.